The Morgan fingerprint density at radius 1 is 1.17 bits per heavy atom. The average molecular weight is 328 g/mol. The lowest BCUT2D eigenvalue weighted by atomic mass is 9.96. The normalized spacial score (nSPS) is 22.6. The van der Waals surface area contributed by atoms with Crippen LogP contribution < -0.4 is 5.32 Å². The molecule has 2 heterocycles. The second kappa shape index (κ2) is 7.19. The van der Waals surface area contributed by atoms with Crippen LogP contribution in [0, 0.1) is 11.6 Å². The predicted molar refractivity (Wildman–Crippen MR) is 80.1 cm³/mol. The Labute approximate surface area is 134 Å². The van der Waals surface area contributed by atoms with Gasteiger partial charge < -0.3 is 19.9 Å². The van der Waals surface area contributed by atoms with Gasteiger partial charge in [0.25, 0.3) is 0 Å². The molecule has 0 aliphatic carbocycles. The Morgan fingerprint density at radius 3 is 2.52 bits per heavy atom. The van der Waals surface area contributed by atoms with Gasteiger partial charge in [-0.2, -0.15) is 0 Å². The monoisotopic (exact) mass is 328 g/mol. The molecule has 1 unspecified atom stereocenters. The maximum absolute atomic E-state index is 13.2. The first-order chi connectivity index (χ1) is 11.1. The van der Waals surface area contributed by atoms with Crippen molar-refractivity contribution in [2.24, 2.45) is 0 Å². The summed E-state index contributed by atoms with van der Waals surface area (Å²) >= 11 is 0. The van der Waals surface area contributed by atoms with Crippen molar-refractivity contribution >= 4 is 0 Å². The minimum Gasteiger partial charge on any atom is -0.387 e. The lowest BCUT2D eigenvalue weighted by molar-refractivity contribution is -0.140. The predicted octanol–water partition coefficient (Wildman–Crippen LogP) is 0.689. The summed E-state index contributed by atoms with van der Waals surface area (Å²) in [6.07, 6.45) is -0.899. The van der Waals surface area contributed by atoms with Gasteiger partial charge in [-0.25, -0.2) is 8.78 Å². The van der Waals surface area contributed by atoms with E-state index in [0.717, 1.165) is 38.4 Å². The summed E-state index contributed by atoms with van der Waals surface area (Å²) in [4.78, 5) is 2.36. The molecule has 23 heavy (non-hydrogen) atoms. The van der Waals surface area contributed by atoms with Crippen LogP contribution in [0.25, 0.3) is 0 Å². The number of halogens is 2. The molecule has 0 radical (unpaired) electrons. The summed E-state index contributed by atoms with van der Waals surface area (Å²) in [5.41, 5.74) is 0.134. The van der Waals surface area contributed by atoms with E-state index in [0.29, 0.717) is 25.3 Å². The Kier molecular flexibility index (Phi) is 5.23. The third-order valence-electron chi connectivity index (χ3n) is 4.54. The molecule has 2 fully saturated rings. The number of nitrogens with one attached hydrogen (secondary N) is 1. The van der Waals surface area contributed by atoms with Crippen LogP contribution in [0.15, 0.2) is 18.2 Å². The minimum atomic E-state index is -0.951. The molecule has 0 bridgehead atoms. The van der Waals surface area contributed by atoms with Crippen molar-refractivity contribution in [2.45, 2.75) is 11.6 Å². The maximum atomic E-state index is 13.2. The van der Waals surface area contributed by atoms with Crippen LogP contribution >= 0.6 is 0 Å². The van der Waals surface area contributed by atoms with Gasteiger partial charge in [-0.05, 0) is 17.7 Å². The van der Waals surface area contributed by atoms with Crippen molar-refractivity contribution in [1.29, 1.82) is 0 Å². The number of morpholine rings is 2. The molecule has 2 N–H and O–H groups in total. The van der Waals surface area contributed by atoms with Crippen LogP contribution in [0.3, 0.4) is 0 Å². The van der Waals surface area contributed by atoms with E-state index in [1.54, 1.807) is 0 Å². The number of fused-ring (bicyclic) bond motifs is 1. The van der Waals surface area contributed by atoms with Crippen LogP contribution in [0.1, 0.15) is 11.7 Å². The second-order valence-electron chi connectivity index (χ2n) is 6.14. The highest BCUT2D eigenvalue weighted by atomic mass is 19.2. The zero-order valence-electron chi connectivity index (χ0n) is 12.9. The zero-order chi connectivity index (χ0) is 16.3. The van der Waals surface area contributed by atoms with E-state index in [1.165, 1.54) is 6.07 Å². The van der Waals surface area contributed by atoms with E-state index in [4.69, 9.17) is 9.47 Å². The molecule has 7 heteroatoms. The lowest BCUT2D eigenvalue weighted by Gasteiger charge is -2.49. The van der Waals surface area contributed by atoms with Crippen molar-refractivity contribution in [3.8, 4) is 0 Å². The Bertz CT molecular complexity index is 532. The number of hydrogen-bond donors (Lipinski definition) is 2. The van der Waals surface area contributed by atoms with E-state index in [1.807, 2.05) is 0 Å². The molecular formula is C16H22F2N2O3. The number of ether oxygens (including phenoxy) is 2. The third kappa shape index (κ3) is 3.70. The smallest absolute Gasteiger partial charge is 0.159 e. The third-order valence-corrected chi connectivity index (χ3v) is 4.54. The van der Waals surface area contributed by atoms with Gasteiger partial charge in [0.2, 0.25) is 0 Å². The number of aliphatic hydroxyl groups is 1. The molecule has 2 saturated heterocycles. The molecule has 1 aromatic rings. The van der Waals surface area contributed by atoms with Gasteiger partial charge in [0.15, 0.2) is 11.6 Å². The molecule has 2 aliphatic heterocycles. The number of rotatable bonds is 5. The van der Waals surface area contributed by atoms with Crippen LogP contribution in [-0.2, 0) is 9.47 Å². The number of aliphatic hydroxyl groups excluding tert-OH is 1. The Balaban J connectivity index is 1.56. The fourth-order valence-corrected chi connectivity index (χ4v) is 3.18. The fourth-order valence-electron chi connectivity index (χ4n) is 3.18. The van der Waals surface area contributed by atoms with Gasteiger partial charge in [-0.3, -0.25) is 4.90 Å². The van der Waals surface area contributed by atoms with Gasteiger partial charge in [0.1, 0.15) is 0 Å². The summed E-state index contributed by atoms with van der Waals surface area (Å²) in [7, 11) is 0. The van der Waals surface area contributed by atoms with Crippen LogP contribution in [0.5, 0.6) is 0 Å². The second-order valence-corrected chi connectivity index (χ2v) is 6.14. The summed E-state index contributed by atoms with van der Waals surface area (Å²) in [5, 5.41) is 13.3. The Hall–Kier alpha value is -1.12. The van der Waals surface area contributed by atoms with Crippen molar-refractivity contribution in [3.05, 3.63) is 35.4 Å². The molecule has 0 aromatic heterocycles. The molecular weight excluding hydrogens is 306 g/mol. The maximum Gasteiger partial charge on any atom is 0.159 e. The lowest BCUT2D eigenvalue weighted by Crippen LogP contribution is -2.67. The quantitative estimate of drug-likeness (QED) is 0.833. The van der Waals surface area contributed by atoms with Gasteiger partial charge in [-0.15, -0.1) is 0 Å². The zero-order valence-corrected chi connectivity index (χ0v) is 12.9. The summed E-state index contributed by atoms with van der Waals surface area (Å²) in [5.74, 6) is -1.87. The minimum absolute atomic E-state index is 0.218. The van der Waals surface area contributed by atoms with Gasteiger partial charge in [0, 0.05) is 26.2 Å². The van der Waals surface area contributed by atoms with Gasteiger partial charge >= 0.3 is 0 Å². The van der Waals surface area contributed by atoms with E-state index in [9.17, 15) is 13.9 Å². The highest BCUT2D eigenvalue weighted by molar-refractivity contribution is 5.20. The van der Waals surface area contributed by atoms with Crippen molar-refractivity contribution < 1.29 is 23.4 Å². The first kappa shape index (κ1) is 16.7. The largest absolute Gasteiger partial charge is 0.387 e. The van der Waals surface area contributed by atoms with Crippen LogP contribution in [0.4, 0.5) is 8.78 Å². The molecule has 0 spiro atoms. The SMILES string of the molecule is OC(CNCC12COCCN1CCOC2)c1ccc(F)c(F)c1. The standard InChI is InChI=1S/C16H22F2N2O3/c17-13-2-1-12(7-14(13)18)15(21)8-19-9-16-10-22-5-3-20(16)4-6-23-11-16/h1-2,7,15,19,21H,3-6,8-11H2. The summed E-state index contributed by atoms with van der Waals surface area (Å²) < 4.78 is 37.4. The molecule has 1 aromatic carbocycles. The van der Waals surface area contributed by atoms with Gasteiger partial charge in [0.05, 0.1) is 38.1 Å². The van der Waals surface area contributed by atoms with E-state index >= 15 is 0 Å². The topological polar surface area (TPSA) is 54.0 Å². The fraction of sp³-hybridized carbons (Fsp3) is 0.625. The van der Waals surface area contributed by atoms with Crippen LogP contribution in [0.2, 0.25) is 0 Å². The molecule has 128 valence electrons. The highest BCUT2D eigenvalue weighted by Crippen LogP contribution is 2.23. The Morgan fingerprint density at radius 2 is 1.87 bits per heavy atom. The highest BCUT2D eigenvalue weighted by Gasteiger charge is 2.41. The summed E-state index contributed by atoms with van der Waals surface area (Å²) in [6, 6.07) is 3.45. The van der Waals surface area contributed by atoms with E-state index < -0.39 is 17.7 Å². The molecule has 3 rings (SSSR count). The molecule has 2 aliphatic rings. The van der Waals surface area contributed by atoms with E-state index in [2.05, 4.69) is 10.2 Å². The molecule has 5 nitrogen and oxygen atoms in total. The molecule has 0 saturated carbocycles. The number of hydrogen-bond acceptors (Lipinski definition) is 5. The van der Waals surface area contributed by atoms with Crippen molar-refractivity contribution in [1.82, 2.24) is 10.2 Å². The van der Waals surface area contributed by atoms with E-state index in [-0.39, 0.29) is 12.1 Å². The van der Waals surface area contributed by atoms with Crippen molar-refractivity contribution in [2.75, 3.05) is 52.6 Å². The average Bonchev–Trinajstić information content (AvgIpc) is 2.57. The first-order valence-corrected chi connectivity index (χ1v) is 7.85. The molecule has 0 amide bonds. The van der Waals surface area contributed by atoms with Crippen LogP contribution in [-0.4, -0.2) is 68.2 Å². The molecule has 1 atom stereocenters. The number of benzene rings is 1. The number of nitrogens with zero attached hydrogens (tertiary/aromatic N) is 1. The first-order valence-electron chi connectivity index (χ1n) is 7.85. The summed E-state index contributed by atoms with van der Waals surface area (Å²) in [6.45, 7) is 5.21. The van der Waals surface area contributed by atoms with Gasteiger partial charge in [-0.1, -0.05) is 6.07 Å². The van der Waals surface area contributed by atoms with Crippen molar-refractivity contribution in [3.63, 3.8) is 0 Å².